The maximum Gasteiger partial charge on any atom is 0.192 e. The van der Waals surface area contributed by atoms with Gasteiger partial charge in [0.15, 0.2) is 15.8 Å². The number of aliphatic imine (C=N–C) groups is 1. The molecule has 28 heavy (non-hydrogen) atoms. The lowest BCUT2D eigenvalue weighted by atomic mass is 10.1. The molecule has 0 saturated carbocycles. The minimum Gasteiger partial charge on any atom is -0.357 e. The lowest BCUT2D eigenvalue weighted by Gasteiger charge is -2.18. The van der Waals surface area contributed by atoms with Crippen molar-refractivity contribution in [3.05, 3.63) is 65.0 Å². The summed E-state index contributed by atoms with van der Waals surface area (Å²) >= 11 is 0. The van der Waals surface area contributed by atoms with Crippen molar-refractivity contribution in [3.63, 3.8) is 0 Å². The fraction of sp³-hybridized carbons (Fsp3) is 0.350. The molecule has 0 aromatic heterocycles. The molecule has 0 radical (unpaired) electrons. The van der Waals surface area contributed by atoms with E-state index in [4.69, 9.17) is 0 Å². The third kappa shape index (κ3) is 7.05. The molecule has 2 aromatic carbocycles. The van der Waals surface area contributed by atoms with Gasteiger partial charge in [0.1, 0.15) is 5.82 Å². The van der Waals surface area contributed by atoms with Crippen LogP contribution >= 0.6 is 24.0 Å². The maximum absolute atomic E-state index is 13.8. The molecular weight excluding hydrogens is 492 g/mol. The van der Waals surface area contributed by atoms with Crippen LogP contribution in [0.3, 0.4) is 0 Å². The van der Waals surface area contributed by atoms with Gasteiger partial charge in [-0.2, -0.15) is 0 Å². The van der Waals surface area contributed by atoms with Crippen LogP contribution in [0, 0.1) is 12.7 Å². The Labute approximate surface area is 183 Å². The van der Waals surface area contributed by atoms with E-state index in [9.17, 15) is 12.8 Å². The fourth-order valence-electron chi connectivity index (χ4n) is 2.50. The van der Waals surface area contributed by atoms with E-state index in [1.165, 1.54) is 12.3 Å². The smallest absolute Gasteiger partial charge is 0.192 e. The highest BCUT2D eigenvalue weighted by Gasteiger charge is 2.10. The van der Waals surface area contributed by atoms with E-state index in [-0.39, 0.29) is 40.7 Å². The number of halogens is 2. The maximum atomic E-state index is 13.8. The quantitative estimate of drug-likeness (QED) is 0.344. The van der Waals surface area contributed by atoms with Crippen LogP contribution in [0.15, 0.2) is 52.4 Å². The van der Waals surface area contributed by atoms with Gasteiger partial charge in [-0.15, -0.1) is 24.0 Å². The predicted molar refractivity (Wildman–Crippen MR) is 122 cm³/mol. The predicted octanol–water partition coefficient (Wildman–Crippen LogP) is 3.97. The van der Waals surface area contributed by atoms with Crippen LogP contribution in [-0.2, 0) is 16.4 Å². The second-order valence-corrected chi connectivity index (χ2v) is 8.50. The molecule has 0 amide bonds. The summed E-state index contributed by atoms with van der Waals surface area (Å²) in [5.41, 5.74) is 2.35. The lowest BCUT2D eigenvalue weighted by Crippen LogP contribution is -2.38. The zero-order chi connectivity index (χ0) is 20.0. The van der Waals surface area contributed by atoms with Crippen LogP contribution in [0.5, 0.6) is 0 Å². The van der Waals surface area contributed by atoms with E-state index in [1.54, 1.807) is 37.3 Å². The second kappa shape index (κ2) is 10.8. The second-order valence-electron chi connectivity index (χ2n) is 6.49. The van der Waals surface area contributed by atoms with Crippen molar-refractivity contribution in [2.45, 2.75) is 38.3 Å². The first-order valence-corrected chi connectivity index (χ1v) is 10.7. The molecule has 0 spiro atoms. The Kier molecular flexibility index (Phi) is 9.35. The SMILES string of the molecule is CCNC(=NCc1ccc(S(C)(=O)=O)cc1)NC(C)c1ccc(C)c(F)c1.I. The highest BCUT2D eigenvalue weighted by molar-refractivity contribution is 14.0. The van der Waals surface area contributed by atoms with Gasteiger partial charge in [0.25, 0.3) is 0 Å². The molecule has 2 aromatic rings. The summed E-state index contributed by atoms with van der Waals surface area (Å²) in [6, 6.07) is 11.7. The van der Waals surface area contributed by atoms with Gasteiger partial charge in [-0.3, -0.25) is 0 Å². The van der Waals surface area contributed by atoms with Gasteiger partial charge < -0.3 is 10.6 Å². The van der Waals surface area contributed by atoms with Gasteiger partial charge in [0.05, 0.1) is 17.5 Å². The van der Waals surface area contributed by atoms with Crippen molar-refractivity contribution in [2.24, 2.45) is 4.99 Å². The lowest BCUT2D eigenvalue weighted by molar-refractivity contribution is 0.602. The molecule has 8 heteroatoms. The van der Waals surface area contributed by atoms with E-state index < -0.39 is 9.84 Å². The molecule has 5 nitrogen and oxygen atoms in total. The Morgan fingerprint density at radius 1 is 1.18 bits per heavy atom. The molecule has 0 heterocycles. The molecule has 1 atom stereocenters. The standard InChI is InChI=1S/C20H26FN3O2S.HI/c1-5-22-20(24-15(3)17-9-6-14(2)19(21)12-17)23-13-16-7-10-18(11-8-16)27(4,25)26;/h6-12,15H,5,13H2,1-4H3,(H2,22,23,24);1H. The molecule has 2 rings (SSSR count). The molecule has 154 valence electrons. The van der Waals surface area contributed by atoms with Gasteiger partial charge in [0, 0.05) is 12.8 Å². The summed E-state index contributed by atoms with van der Waals surface area (Å²) in [4.78, 5) is 4.82. The number of rotatable bonds is 6. The first-order chi connectivity index (χ1) is 12.7. The largest absolute Gasteiger partial charge is 0.357 e. The Morgan fingerprint density at radius 3 is 2.36 bits per heavy atom. The van der Waals surface area contributed by atoms with E-state index in [0.717, 1.165) is 11.1 Å². The molecular formula is C20H27FIN3O2S. The molecule has 0 aliphatic heterocycles. The number of nitrogens with one attached hydrogen (secondary N) is 2. The van der Waals surface area contributed by atoms with Crippen molar-refractivity contribution in [3.8, 4) is 0 Å². The van der Waals surface area contributed by atoms with Crippen LogP contribution in [0.25, 0.3) is 0 Å². The van der Waals surface area contributed by atoms with Crippen LogP contribution in [-0.4, -0.2) is 27.2 Å². The van der Waals surface area contributed by atoms with E-state index in [0.29, 0.717) is 24.6 Å². The third-order valence-corrected chi connectivity index (χ3v) is 5.29. The normalized spacial score (nSPS) is 12.8. The highest BCUT2D eigenvalue weighted by Crippen LogP contribution is 2.16. The number of hydrogen-bond acceptors (Lipinski definition) is 3. The molecule has 0 fully saturated rings. The van der Waals surface area contributed by atoms with E-state index in [2.05, 4.69) is 15.6 Å². The minimum absolute atomic E-state index is 0. The van der Waals surface area contributed by atoms with Crippen molar-refractivity contribution in [2.75, 3.05) is 12.8 Å². The molecule has 0 aliphatic carbocycles. The Morgan fingerprint density at radius 2 is 1.82 bits per heavy atom. The van der Waals surface area contributed by atoms with Gasteiger partial charge in [0.2, 0.25) is 0 Å². The van der Waals surface area contributed by atoms with Crippen molar-refractivity contribution >= 4 is 39.8 Å². The van der Waals surface area contributed by atoms with Crippen LogP contribution in [0.1, 0.15) is 36.6 Å². The summed E-state index contributed by atoms with van der Waals surface area (Å²) in [7, 11) is -3.20. The Bertz CT molecular complexity index is 916. The average Bonchev–Trinajstić information content (AvgIpc) is 2.61. The molecule has 1 unspecified atom stereocenters. The number of hydrogen-bond donors (Lipinski definition) is 2. The van der Waals surface area contributed by atoms with Crippen molar-refractivity contribution in [1.82, 2.24) is 10.6 Å². The number of benzene rings is 2. The van der Waals surface area contributed by atoms with Crippen molar-refractivity contribution in [1.29, 1.82) is 0 Å². The monoisotopic (exact) mass is 519 g/mol. The number of nitrogens with zero attached hydrogens (tertiary/aromatic N) is 1. The summed E-state index contributed by atoms with van der Waals surface area (Å²) in [6.07, 6.45) is 1.18. The topological polar surface area (TPSA) is 70.6 Å². The first-order valence-electron chi connectivity index (χ1n) is 8.80. The van der Waals surface area contributed by atoms with E-state index in [1.807, 2.05) is 19.9 Å². The molecule has 0 bridgehead atoms. The van der Waals surface area contributed by atoms with Crippen LogP contribution in [0.2, 0.25) is 0 Å². The first kappa shape index (κ1) is 24.4. The summed E-state index contributed by atoms with van der Waals surface area (Å²) in [5, 5.41) is 6.43. The fourth-order valence-corrected chi connectivity index (χ4v) is 3.13. The number of sulfone groups is 1. The summed E-state index contributed by atoms with van der Waals surface area (Å²) in [5.74, 6) is 0.382. The number of guanidine groups is 1. The summed E-state index contributed by atoms with van der Waals surface area (Å²) < 4.78 is 36.8. The zero-order valence-electron chi connectivity index (χ0n) is 16.5. The zero-order valence-corrected chi connectivity index (χ0v) is 19.6. The number of aryl methyl sites for hydroxylation is 1. The summed E-state index contributed by atoms with van der Waals surface area (Å²) in [6.45, 7) is 6.73. The van der Waals surface area contributed by atoms with Gasteiger partial charge in [-0.25, -0.2) is 17.8 Å². The highest BCUT2D eigenvalue weighted by atomic mass is 127. The average molecular weight is 519 g/mol. The van der Waals surface area contributed by atoms with E-state index >= 15 is 0 Å². The third-order valence-electron chi connectivity index (χ3n) is 4.16. The van der Waals surface area contributed by atoms with Gasteiger partial charge in [-0.1, -0.05) is 24.3 Å². The van der Waals surface area contributed by atoms with Gasteiger partial charge >= 0.3 is 0 Å². The van der Waals surface area contributed by atoms with Crippen LogP contribution in [0.4, 0.5) is 4.39 Å². The molecule has 0 saturated heterocycles. The molecule has 0 aliphatic rings. The van der Waals surface area contributed by atoms with Gasteiger partial charge in [-0.05, 0) is 55.7 Å². The molecule has 2 N–H and O–H groups in total. The minimum atomic E-state index is -3.20. The van der Waals surface area contributed by atoms with Crippen LogP contribution < -0.4 is 10.6 Å². The Balaban J connectivity index is 0.00000392. The Hall–Kier alpha value is -1.68. The van der Waals surface area contributed by atoms with Crippen molar-refractivity contribution < 1.29 is 12.8 Å².